The van der Waals surface area contributed by atoms with E-state index in [1.807, 2.05) is 24.8 Å². The second-order valence-electron chi connectivity index (χ2n) is 7.18. The van der Waals surface area contributed by atoms with E-state index in [9.17, 15) is 4.79 Å². The van der Waals surface area contributed by atoms with E-state index in [-0.39, 0.29) is 11.8 Å². The maximum atomic E-state index is 12.9. The summed E-state index contributed by atoms with van der Waals surface area (Å²) in [6.45, 7) is 7.33. The molecular weight excluding hydrogens is 330 g/mol. The van der Waals surface area contributed by atoms with Gasteiger partial charge in [-0.15, -0.1) is 0 Å². The first kappa shape index (κ1) is 16.8. The lowest BCUT2D eigenvalue weighted by Crippen LogP contribution is -2.40. The van der Waals surface area contributed by atoms with Crippen molar-refractivity contribution in [1.82, 2.24) is 15.0 Å². The molecule has 1 saturated heterocycles. The van der Waals surface area contributed by atoms with Crippen molar-refractivity contribution in [2.45, 2.75) is 46.0 Å². The molecule has 1 aliphatic heterocycles. The van der Waals surface area contributed by atoms with Crippen LogP contribution < -0.4 is 0 Å². The summed E-state index contributed by atoms with van der Waals surface area (Å²) in [4.78, 5) is 19.1. The zero-order valence-electron chi connectivity index (χ0n) is 15.4. The van der Waals surface area contributed by atoms with Crippen LogP contribution in [0.4, 0.5) is 0 Å². The first-order chi connectivity index (χ1) is 12.5. The average Bonchev–Trinajstić information content (AvgIpc) is 3.25. The summed E-state index contributed by atoms with van der Waals surface area (Å²) in [6, 6.07) is 4.13. The first-order valence-electron chi connectivity index (χ1n) is 9.07. The molecule has 0 saturated carbocycles. The van der Waals surface area contributed by atoms with Crippen molar-refractivity contribution in [3.8, 4) is 0 Å². The summed E-state index contributed by atoms with van der Waals surface area (Å²) in [5.41, 5.74) is 4.15. The fraction of sp³-hybridized carbons (Fsp3) is 0.450. The van der Waals surface area contributed by atoms with Gasteiger partial charge in [0.1, 0.15) is 5.58 Å². The molecular formula is C20H23N3O3. The number of likely N-dealkylation sites (tertiary alicyclic amines) is 1. The van der Waals surface area contributed by atoms with Crippen LogP contribution in [0.25, 0.3) is 11.0 Å². The van der Waals surface area contributed by atoms with Crippen LogP contribution in [0.2, 0.25) is 0 Å². The number of furan rings is 1. The number of hydrogen-bond donors (Lipinski definition) is 0. The molecule has 0 spiro atoms. The van der Waals surface area contributed by atoms with E-state index in [1.165, 1.54) is 5.56 Å². The number of aromatic nitrogens is 2. The first-order valence-corrected chi connectivity index (χ1v) is 9.07. The van der Waals surface area contributed by atoms with Crippen LogP contribution in [0.1, 0.15) is 47.2 Å². The number of carbonyl (C=O) groups excluding carboxylic acids is 1. The Hall–Kier alpha value is -2.63. The predicted molar refractivity (Wildman–Crippen MR) is 97.0 cm³/mol. The lowest BCUT2D eigenvalue weighted by atomic mass is 9.97. The monoisotopic (exact) mass is 353 g/mol. The van der Waals surface area contributed by atoms with Crippen LogP contribution in [-0.4, -0.2) is 34.0 Å². The summed E-state index contributed by atoms with van der Waals surface area (Å²) < 4.78 is 11.0. The molecule has 3 heterocycles. The van der Waals surface area contributed by atoms with Crippen LogP contribution >= 0.6 is 0 Å². The second-order valence-corrected chi connectivity index (χ2v) is 7.18. The molecule has 1 amide bonds. The van der Waals surface area contributed by atoms with Gasteiger partial charge in [0.25, 0.3) is 0 Å². The van der Waals surface area contributed by atoms with Crippen molar-refractivity contribution in [1.29, 1.82) is 0 Å². The molecule has 26 heavy (non-hydrogen) atoms. The van der Waals surface area contributed by atoms with E-state index in [4.69, 9.17) is 8.94 Å². The number of amides is 1. The smallest absolute Gasteiger partial charge is 0.231 e. The van der Waals surface area contributed by atoms with Crippen LogP contribution in [0, 0.1) is 20.8 Å². The van der Waals surface area contributed by atoms with E-state index < -0.39 is 0 Å². The van der Waals surface area contributed by atoms with Crippen molar-refractivity contribution in [2.24, 2.45) is 0 Å². The predicted octanol–water partition coefficient (Wildman–Crippen LogP) is 3.69. The van der Waals surface area contributed by atoms with Gasteiger partial charge in [-0.05, 0) is 44.7 Å². The highest BCUT2D eigenvalue weighted by atomic mass is 16.5. The zero-order chi connectivity index (χ0) is 18.3. The van der Waals surface area contributed by atoms with Crippen LogP contribution in [0.15, 0.2) is 27.3 Å². The third kappa shape index (κ3) is 3.00. The molecule has 0 radical (unpaired) electrons. The summed E-state index contributed by atoms with van der Waals surface area (Å²) in [6.07, 6.45) is 3.99. The largest absolute Gasteiger partial charge is 0.464 e. The lowest BCUT2D eigenvalue weighted by molar-refractivity contribution is -0.131. The van der Waals surface area contributed by atoms with Gasteiger partial charge in [-0.25, -0.2) is 0 Å². The Bertz CT molecular complexity index is 957. The van der Waals surface area contributed by atoms with Gasteiger partial charge in [-0.1, -0.05) is 17.3 Å². The number of nitrogens with zero attached hydrogens (tertiary/aromatic N) is 3. The van der Waals surface area contributed by atoms with Crippen molar-refractivity contribution >= 4 is 16.9 Å². The van der Waals surface area contributed by atoms with Gasteiger partial charge in [0.05, 0.1) is 18.6 Å². The number of piperidine rings is 1. The number of aryl methyl sites for hydroxylation is 3. The molecule has 0 aliphatic carbocycles. The Kier molecular flexibility index (Phi) is 4.26. The minimum absolute atomic E-state index is 0.117. The van der Waals surface area contributed by atoms with E-state index in [1.54, 1.807) is 6.26 Å². The standard InChI is InChI=1S/C20H23N3O3/c1-12-6-7-17-16(11-25-19(17)13(12)2)9-18(24)23-8-4-5-15(10-23)20-21-14(3)22-26-20/h6-7,11,15H,4-5,8-10H2,1-3H3/t15-/m0/s1. The van der Waals surface area contributed by atoms with Gasteiger partial charge in [0.15, 0.2) is 5.82 Å². The maximum absolute atomic E-state index is 12.9. The Morgan fingerprint density at radius 1 is 1.31 bits per heavy atom. The molecule has 1 aromatic carbocycles. The minimum atomic E-state index is 0.117. The van der Waals surface area contributed by atoms with Crippen molar-refractivity contribution in [3.05, 3.63) is 46.8 Å². The summed E-state index contributed by atoms with van der Waals surface area (Å²) in [5, 5.41) is 4.90. The quantitative estimate of drug-likeness (QED) is 0.718. The fourth-order valence-corrected chi connectivity index (χ4v) is 3.68. The highest BCUT2D eigenvalue weighted by molar-refractivity contribution is 5.89. The summed E-state index contributed by atoms with van der Waals surface area (Å²) in [7, 11) is 0. The lowest BCUT2D eigenvalue weighted by Gasteiger charge is -2.31. The molecule has 3 aromatic rings. The number of rotatable bonds is 3. The van der Waals surface area contributed by atoms with Gasteiger partial charge in [-0.3, -0.25) is 4.79 Å². The van der Waals surface area contributed by atoms with Gasteiger partial charge < -0.3 is 13.8 Å². The Balaban J connectivity index is 1.50. The van der Waals surface area contributed by atoms with Gasteiger partial charge in [0, 0.05) is 24.0 Å². The van der Waals surface area contributed by atoms with Gasteiger partial charge in [-0.2, -0.15) is 4.98 Å². The zero-order valence-corrected chi connectivity index (χ0v) is 15.4. The summed E-state index contributed by atoms with van der Waals surface area (Å²) >= 11 is 0. The molecule has 2 aromatic heterocycles. The molecule has 1 atom stereocenters. The number of hydrogen-bond acceptors (Lipinski definition) is 5. The average molecular weight is 353 g/mol. The molecule has 6 heteroatoms. The highest BCUT2D eigenvalue weighted by Gasteiger charge is 2.28. The van der Waals surface area contributed by atoms with E-state index in [2.05, 4.69) is 23.1 Å². The second kappa shape index (κ2) is 6.59. The maximum Gasteiger partial charge on any atom is 0.231 e. The molecule has 6 nitrogen and oxygen atoms in total. The summed E-state index contributed by atoms with van der Waals surface area (Å²) in [5.74, 6) is 1.52. The Labute approximate surface area is 152 Å². The van der Waals surface area contributed by atoms with Crippen molar-refractivity contribution in [2.75, 3.05) is 13.1 Å². The third-order valence-corrected chi connectivity index (χ3v) is 5.35. The van der Waals surface area contributed by atoms with Gasteiger partial charge >= 0.3 is 0 Å². The van der Waals surface area contributed by atoms with Crippen LogP contribution in [-0.2, 0) is 11.2 Å². The minimum Gasteiger partial charge on any atom is -0.464 e. The van der Waals surface area contributed by atoms with E-state index in [0.717, 1.165) is 41.5 Å². The van der Waals surface area contributed by atoms with Crippen LogP contribution in [0.5, 0.6) is 0 Å². The molecule has 0 N–H and O–H groups in total. The van der Waals surface area contributed by atoms with Crippen molar-refractivity contribution in [3.63, 3.8) is 0 Å². The molecule has 0 bridgehead atoms. The van der Waals surface area contributed by atoms with Crippen molar-refractivity contribution < 1.29 is 13.7 Å². The van der Waals surface area contributed by atoms with E-state index in [0.29, 0.717) is 24.7 Å². The molecule has 0 unspecified atom stereocenters. The SMILES string of the molecule is Cc1noc([C@H]2CCCN(C(=O)Cc3coc4c(C)c(C)ccc34)C2)n1. The number of benzene rings is 1. The Morgan fingerprint density at radius 3 is 2.92 bits per heavy atom. The number of carbonyl (C=O) groups is 1. The number of fused-ring (bicyclic) bond motifs is 1. The van der Waals surface area contributed by atoms with E-state index >= 15 is 0 Å². The topological polar surface area (TPSA) is 72.4 Å². The third-order valence-electron chi connectivity index (χ3n) is 5.35. The molecule has 1 aliphatic rings. The van der Waals surface area contributed by atoms with Crippen LogP contribution in [0.3, 0.4) is 0 Å². The Morgan fingerprint density at radius 2 is 2.15 bits per heavy atom. The highest BCUT2D eigenvalue weighted by Crippen LogP contribution is 2.29. The molecule has 136 valence electrons. The molecule has 1 fully saturated rings. The fourth-order valence-electron chi connectivity index (χ4n) is 3.68. The normalized spacial score (nSPS) is 17.8. The molecule has 4 rings (SSSR count). The van der Waals surface area contributed by atoms with Gasteiger partial charge in [0.2, 0.25) is 11.8 Å².